The summed E-state index contributed by atoms with van der Waals surface area (Å²) in [6.07, 6.45) is 62.5. The number of aliphatic hydroxyl groups excluding tert-OH is 4. The average molecular weight is 891 g/mol. The lowest BCUT2D eigenvalue weighted by atomic mass is 10.00. The highest BCUT2D eigenvalue weighted by atomic mass is 16.3. The van der Waals surface area contributed by atoms with E-state index in [-0.39, 0.29) is 0 Å². The van der Waals surface area contributed by atoms with Gasteiger partial charge in [-0.25, -0.2) is 0 Å². The Bertz CT molecular complexity index is 955. The van der Waals surface area contributed by atoms with E-state index in [0.29, 0.717) is 19.3 Å². The predicted octanol–water partition coefficient (Wildman–Crippen LogP) is 16.3. The Morgan fingerprint density at radius 2 is 0.667 bits per heavy atom. The van der Waals surface area contributed by atoms with Gasteiger partial charge in [-0.1, -0.05) is 276 Å². The SMILES string of the molecule is CCCCCCCCCCCC/C=C/CC/C=C/CCCC(O)C(O)C(CO)NC(=O)C(O)CCCCCCCCCCCCCCCCCCCCCCCCCCCCCC. The van der Waals surface area contributed by atoms with Crippen LogP contribution in [0, 0.1) is 0 Å². The van der Waals surface area contributed by atoms with Gasteiger partial charge in [0, 0.05) is 0 Å². The first-order valence-corrected chi connectivity index (χ1v) is 28.2. The van der Waals surface area contributed by atoms with E-state index in [2.05, 4.69) is 43.5 Å². The molecule has 0 rings (SSSR count). The van der Waals surface area contributed by atoms with Crippen LogP contribution in [0.1, 0.15) is 303 Å². The summed E-state index contributed by atoms with van der Waals surface area (Å²) in [6.45, 7) is 4.07. The van der Waals surface area contributed by atoms with Crippen molar-refractivity contribution in [2.45, 2.75) is 327 Å². The van der Waals surface area contributed by atoms with Crippen molar-refractivity contribution >= 4 is 5.91 Å². The fourth-order valence-electron chi connectivity index (χ4n) is 8.95. The Hall–Kier alpha value is -1.21. The number of carbonyl (C=O) groups is 1. The molecule has 1 amide bonds. The number of carbonyl (C=O) groups excluding carboxylic acids is 1. The molecule has 4 atom stereocenters. The molecule has 0 aromatic rings. The molecule has 0 saturated carbocycles. The first-order valence-electron chi connectivity index (χ1n) is 28.2. The van der Waals surface area contributed by atoms with Gasteiger partial charge in [-0.3, -0.25) is 4.79 Å². The second-order valence-electron chi connectivity index (χ2n) is 19.6. The van der Waals surface area contributed by atoms with Crippen molar-refractivity contribution in [1.29, 1.82) is 0 Å². The third-order valence-electron chi connectivity index (χ3n) is 13.4. The number of aliphatic hydroxyl groups is 4. The summed E-state index contributed by atoms with van der Waals surface area (Å²) in [7, 11) is 0. The van der Waals surface area contributed by atoms with Crippen LogP contribution in [0.4, 0.5) is 0 Å². The van der Waals surface area contributed by atoms with Gasteiger partial charge in [0.05, 0.1) is 18.8 Å². The van der Waals surface area contributed by atoms with Gasteiger partial charge in [0.15, 0.2) is 0 Å². The van der Waals surface area contributed by atoms with Gasteiger partial charge in [-0.15, -0.1) is 0 Å². The van der Waals surface area contributed by atoms with Crippen molar-refractivity contribution < 1.29 is 25.2 Å². The molecule has 0 radical (unpaired) electrons. The van der Waals surface area contributed by atoms with E-state index in [1.54, 1.807) is 0 Å². The van der Waals surface area contributed by atoms with Crippen molar-refractivity contribution in [3.05, 3.63) is 24.3 Å². The van der Waals surface area contributed by atoms with Crippen LogP contribution in [0.15, 0.2) is 24.3 Å². The maximum Gasteiger partial charge on any atom is 0.249 e. The fourth-order valence-corrected chi connectivity index (χ4v) is 8.95. The monoisotopic (exact) mass is 890 g/mol. The molecule has 0 aromatic heterocycles. The van der Waals surface area contributed by atoms with Gasteiger partial charge < -0.3 is 25.7 Å². The van der Waals surface area contributed by atoms with Gasteiger partial charge >= 0.3 is 0 Å². The number of rotatable bonds is 52. The number of allylic oxidation sites excluding steroid dienone is 4. The number of nitrogens with one attached hydrogen (secondary N) is 1. The predicted molar refractivity (Wildman–Crippen MR) is 274 cm³/mol. The van der Waals surface area contributed by atoms with Crippen molar-refractivity contribution in [3.63, 3.8) is 0 Å². The Morgan fingerprint density at radius 1 is 0.381 bits per heavy atom. The van der Waals surface area contributed by atoms with Crippen molar-refractivity contribution in [2.75, 3.05) is 6.61 Å². The second-order valence-corrected chi connectivity index (χ2v) is 19.6. The first kappa shape index (κ1) is 61.8. The lowest BCUT2D eigenvalue weighted by Crippen LogP contribution is -2.53. The number of amides is 1. The summed E-state index contributed by atoms with van der Waals surface area (Å²) in [5.41, 5.74) is 0. The highest BCUT2D eigenvalue weighted by molar-refractivity contribution is 5.80. The molecule has 0 saturated heterocycles. The molecule has 6 nitrogen and oxygen atoms in total. The van der Waals surface area contributed by atoms with Crippen LogP contribution in [0.2, 0.25) is 0 Å². The highest BCUT2D eigenvalue weighted by Crippen LogP contribution is 2.18. The van der Waals surface area contributed by atoms with Gasteiger partial charge in [-0.2, -0.15) is 0 Å². The maximum atomic E-state index is 12.6. The van der Waals surface area contributed by atoms with Crippen LogP contribution >= 0.6 is 0 Å². The Labute approximate surface area is 393 Å². The highest BCUT2D eigenvalue weighted by Gasteiger charge is 2.28. The van der Waals surface area contributed by atoms with Crippen molar-refractivity contribution in [1.82, 2.24) is 5.32 Å². The summed E-state index contributed by atoms with van der Waals surface area (Å²) in [4.78, 5) is 12.6. The zero-order chi connectivity index (χ0) is 45.9. The molecular formula is C57H111NO5. The van der Waals surface area contributed by atoms with E-state index in [4.69, 9.17) is 0 Å². The number of unbranched alkanes of at least 4 members (excludes halogenated alkanes) is 39. The van der Waals surface area contributed by atoms with Gasteiger partial charge in [-0.05, 0) is 51.4 Å². The molecule has 4 unspecified atom stereocenters. The van der Waals surface area contributed by atoms with Crippen LogP contribution in [0.5, 0.6) is 0 Å². The molecule has 0 aromatic carbocycles. The lowest BCUT2D eigenvalue weighted by molar-refractivity contribution is -0.132. The minimum absolute atomic E-state index is 0.365. The van der Waals surface area contributed by atoms with Gasteiger partial charge in [0.25, 0.3) is 0 Å². The van der Waals surface area contributed by atoms with Crippen LogP contribution in [0.3, 0.4) is 0 Å². The van der Waals surface area contributed by atoms with E-state index in [9.17, 15) is 25.2 Å². The molecule has 0 aliphatic carbocycles. The van der Waals surface area contributed by atoms with E-state index in [1.165, 1.54) is 231 Å². The Kier molecular flexibility index (Phi) is 50.8. The fraction of sp³-hybridized carbons (Fsp3) is 0.912. The van der Waals surface area contributed by atoms with Crippen LogP contribution in [-0.2, 0) is 4.79 Å². The molecule has 0 heterocycles. The zero-order valence-corrected chi connectivity index (χ0v) is 42.3. The molecule has 0 bridgehead atoms. The summed E-state index contributed by atoms with van der Waals surface area (Å²) in [5.74, 6) is -0.592. The van der Waals surface area contributed by atoms with Gasteiger partial charge in [0.1, 0.15) is 12.2 Å². The van der Waals surface area contributed by atoms with Crippen LogP contribution < -0.4 is 5.32 Å². The summed E-state index contributed by atoms with van der Waals surface area (Å²) < 4.78 is 0. The molecular weight excluding hydrogens is 779 g/mol. The topological polar surface area (TPSA) is 110 Å². The molecule has 374 valence electrons. The van der Waals surface area contributed by atoms with E-state index in [1.807, 2.05) is 0 Å². The molecule has 0 fully saturated rings. The number of hydrogen-bond acceptors (Lipinski definition) is 5. The molecule has 0 spiro atoms. The van der Waals surface area contributed by atoms with E-state index in [0.717, 1.165) is 38.5 Å². The van der Waals surface area contributed by atoms with E-state index >= 15 is 0 Å². The first-order chi connectivity index (χ1) is 31.0. The second kappa shape index (κ2) is 51.8. The minimum Gasteiger partial charge on any atom is -0.394 e. The third-order valence-corrected chi connectivity index (χ3v) is 13.4. The maximum absolute atomic E-state index is 12.6. The summed E-state index contributed by atoms with van der Waals surface area (Å²) in [6, 6.07) is -1.01. The molecule has 6 heteroatoms. The van der Waals surface area contributed by atoms with Gasteiger partial charge in [0.2, 0.25) is 5.91 Å². The Morgan fingerprint density at radius 3 is 1.00 bits per heavy atom. The van der Waals surface area contributed by atoms with E-state index < -0.39 is 36.9 Å². The summed E-state index contributed by atoms with van der Waals surface area (Å²) >= 11 is 0. The minimum atomic E-state index is -1.29. The zero-order valence-electron chi connectivity index (χ0n) is 42.3. The standard InChI is InChI=1S/C57H111NO5/c1-3-5-7-9-11-13-15-17-19-21-23-24-25-26-27-28-29-30-31-33-35-37-39-41-43-45-47-49-51-55(61)57(63)58-53(52-59)56(62)54(60)50-48-46-44-42-40-38-36-34-32-22-20-18-16-14-12-10-8-6-4-2/h34,36,42,44,53-56,59-62H,3-33,35,37-41,43,45-52H2,1-2H3,(H,58,63)/b36-34+,44-42+. The molecule has 63 heavy (non-hydrogen) atoms. The van der Waals surface area contributed by atoms with Crippen LogP contribution in [0.25, 0.3) is 0 Å². The van der Waals surface area contributed by atoms with Crippen molar-refractivity contribution in [3.8, 4) is 0 Å². The number of hydrogen-bond donors (Lipinski definition) is 5. The normalized spacial score (nSPS) is 13.9. The van der Waals surface area contributed by atoms with Crippen LogP contribution in [-0.4, -0.2) is 57.3 Å². The molecule has 5 N–H and O–H groups in total. The molecule has 0 aliphatic rings. The molecule has 0 aliphatic heterocycles. The Balaban J connectivity index is 3.63. The average Bonchev–Trinajstić information content (AvgIpc) is 3.29. The summed E-state index contributed by atoms with van der Waals surface area (Å²) in [5, 5.41) is 43.9. The smallest absolute Gasteiger partial charge is 0.249 e. The third kappa shape index (κ3) is 45.7. The lowest BCUT2D eigenvalue weighted by Gasteiger charge is -2.27. The quantitative estimate of drug-likeness (QED) is 0.0309. The van der Waals surface area contributed by atoms with Crippen molar-refractivity contribution in [2.24, 2.45) is 0 Å². The largest absolute Gasteiger partial charge is 0.394 e.